The smallest absolute Gasteiger partial charge is 0.224 e. The molecule has 2 aromatic heterocycles. The van der Waals surface area contributed by atoms with E-state index in [0.717, 1.165) is 0 Å². The standard InChI is InChI=1S/C13H17FN4S/c1-8(2)11(10-5-4-6-19-10)17-12-9(14)7-16-13(15-3)18-12/h4-8,11H,1-3H3,(H2,15,16,17,18). The second-order valence-corrected chi connectivity index (χ2v) is 5.50. The highest BCUT2D eigenvalue weighted by molar-refractivity contribution is 7.10. The molecular weight excluding hydrogens is 263 g/mol. The molecule has 0 fully saturated rings. The number of hydrogen-bond donors (Lipinski definition) is 2. The maximum Gasteiger partial charge on any atom is 0.224 e. The molecule has 0 aromatic carbocycles. The van der Waals surface area contributed by atoms with Crippen LogP contribution < -0.4 is 10.6 Å². The molecule has 0 aliphatic carbocycles. The molecule has 0 aliphatic heterocycles. The van der Waals surface area contributed by atoms with Gasteiger partial charge in [-0.3, -0.25) is 0 Å². The molecule has 0 bridgehead atoms. The molecule has 1 atom stereocenters. The van der Waals surface area contributed by atoms with Crippen molar-refractivity contribution in [1.29, 1.82) is 0 Å². The van der Waals surface area contributed by atoms with E-state index in [-0.39, 0.29) is 11.9 Å². The van der Waals surface area contributed by atoms with E-state index >= 15 is 0 Å². The number of rotatable bonds is 5. The highest BCUT2D eigenvalue weighted by Gasteiger charge is 2.19. The fourth-order valence-corrected chi connectivity index (χ4v) is 2.72. The van der Waals surface area contributed by atoms with Crippen molar-refractivity contribution < 1.29 is 4.39 Å². The van der Waals surface area contributed by atoms with Gasteiger partial charge in [0, 0.05) is 11.9 Å². The maximum atomic E-state index is 13.8. The van der Waals surface area contributed by atoms with Gasteiger partial charge in [0.15, 0.2) is 11.6 Å². The zero-order chi connectivity index (χ0) is 13.8. The number of hydrogen-bond acceptors (Lipinski definition) is 5. The Morgan fingerprint density at radius 1 is 1.37 bits per heavy atom. The van der Waals surface area contributed by atoms with E-state index in [1.807, 2.05) is 17.5 Å². The summed E-state index contributed by atoms with van der Waals surface area (Å²) in [4.78, 5) is 9.12. The Morgan fingerprint density at radius 3 is 2.74 bits per heavy atom. The van der Waals surface area contributed by atoms with Gasteiger partial charge in [0.05, 0.1) is 12.2 Å². The predicted octanol–water partition coefficient (Wildman–Crippen LogP) is 3.53. The second kappa shape index (κ2) is 5.97. The first-order valence-corrected chi connectivity index (χ1v) is 7.00. The normalized spacial score (nSPS) is 12.5. The van der Waals surface area contributed by atoms with E-state index in [0.29, 0.717) is 11.9 Å². The van der Waals surface area contributed by atoms with Crippen LogP contribution in [-0.4, -0.2) is 17.0 Å². The van der Waals surface area contributed by atoms with Gasteiger partial charge in [-0.05, 0) is 17.4 Å². The molecule has 2 rings (SSSR count). The Balaban J connectivity index is 2.27. The summed E-state index contributed by atoms with van der Waals surface area (Å²) >= 11 is 1.65. The molecule has 0 amide bonds. The summed E-state index contributed by atoms with van der Waals surface area (Å²) in [6.45, 7) is 4.19. The van der Waals surface area contributed by atoms with Crippen LogP contribution in [0.4, 0.5) is 16.2 Å². The largest absolute Gasteiger partial charge is 0.360 e. The summed E-state index contributed by atoms with van der Waals surface area (Å²) in [7, 11) is 1.70. The Kier molecular flexibility index (Phi) is 4.31. The van der Waals surface area contributed by atoms with Gasteiger partial charge >= 0.3 is 0 Å². The Labute approximate surface area is 116 Å². The molecular formula is C13H17FN4S. The van der Waals surface area contributed by atoms with E-state index in [1.165, 1.54) is 11.1 Å². The van der Waals surface area contributed by atoms with Crippen molar-refractivity contribution in [2.24, 2.45) is 5.92 Å². The molecule has 0 aliphatic rings. The van der Waals surface area contributed by atoms with Crippen LogP contribution in [0, 0.1) is 11.7 Å². The van der Waals surface area contributed by atoms with Gasteiger partial charge in [0.1, 0.15) is 0 Å². The van der Waals surface area contributed by atoms with Crippen molar-refractivity contribution in [2.75, 3.05) is 17.7 Å². The lowest BCUT2D eigenvalue weighted by atomic mass is 10.0. The molecule has 6 heteroatoms. The molecule has 19 heavy (non-hydrogen) atoms. The van der Waals surface area contributed by atoms with Crippen LogP contribution in [0.15, 0.2) is 23.7 Å². The predicted molar refractivity (Wildman–Crippen MR) is 77.1 cm³/mol. The zero-order valence-electron chi connectivity index (χ0n) is 11.1. The molecule has 0 radical (unpaired) electrons. The number of nitrogens with one attached hydrogen (secondary N) is 2. The number of aromatic nitrogens is 2. The van der Waals surface area contributed by atoms with E-state index < -0.39 is 5.82 Å². The van der Waals surface area contributed by atoms with Crippen LogP contribution >= 0.6 is 11.3 Å². The minimum Gasteiger partial charge on any atom is -0.360 e. The molecule has 1 unspecified atom stereocenters. The van der Waals surface area contributed by atoms with Crippen molar-refractivity contribution in [1.82, 2.24) is 9.97 Å². The number of thiophene rings is 1. The summed E-state index contributed by atoms with van der Waals surface area (Å²) in [5.41, 5.74) is 0. The van der Waals surface area contributed by atoms with E-state index in [4.69, 9.17) is 0 Å². The molecule has 0 spiro atoms. The van der Waals surface area contributed by atoms with Crippen molar-refractivity contribution >= 4 is 23.1 Å². The van der Waals surface area contributed by atoms with Crippen LogP contribution in [0.5, 0.6) is 0 Å². The summed E-state index contributed by atoms with van der Waals surface area (Å²) in [6.07, 6.45) is 1.17. The Bertz CT molecular complexity index is 527. The summed E-state index contributed by atoms with van der Waals surface area (Å²) in [5, 5.41) is 7.99. The summed E-state index contributed by atoms with van der Waals surface area (Å²) < 4.78 is 13.8. The van der Waals surface area contributed by atoms with Gasteiger partial charge in [0.25, 0.3) is 0 Å². The van der Waals surface area contributed by atoms with Gasteiger partial charge in [-0.1, -0.05) is 19.9 Å². The molecule has 2 heterocycles. The van der Waals surface area contributed by atoms with Crippen molar-refractivity contribution in [2.45, 2.75) is 19.9 Å². The number of nitrogens with zero attached hydrogens (tertiary/aromatic N) is 2. The van der Waals surface area contributed by atoms with E-state index in [2.05, 4.69) is 34.4 Å². The van der Waals surface area contributed by atoms with Crippen LogP contribution in [0.3, 0.4) is 0 Å². The molecule has 2 N–H and O–H groups in total. The van der Waals surface area contributed by atoms with E-state index in [9.17, 15) is 4.39 Å². The van der Waals surface area contributed by atoms with E-state index in [1.54, 1.807) is 18.4 Å². The average molecular weight is 280 g/mol. The van der Waals surface area contributed by atoms with Crippen LogP contribution in [0.25, 0.3) is 0 Å². The van der Waals surface area contributed by atoms with Gasteiger partial charge in [-0.2, -0.15) is 4.98 Å². The zero-order valence-corrected chi connectivity index (χ0v) is 12.0. The van der Waals surface area contributed by atoms with Gasteiger partial charge < -0.3 is 10.6 Å². The molecule has 0 saturated carbocycles. The monoisotopic (exact) mass is 280 g/mol. The first-order valence-electron chi connectivity index (χ1n) is 6.12. The lowest BCUT2D eigenvalue weighted by Gasteiger charge is -2.22. The highest BCUT2D eigenvalue weighted by Crippen LogP contribution is 2.30. The first-order chi connectivity index (χ1) is 9.11. The summed E-state index contributed by atoms with van der Waals surface area (Å²) in [5.74, 6) is 0.510. The summed E-state index contributed by atoms with van der Waals surface area (Å²) in [6, 6.07) is 4.07. The first kappa shape index (κ1) is 13.7. The molecule has 4 nitrogen and oxygen atoms in total. The third kappa shape index (κ3) is 3.20. The Morgan fingerprint density at radius 2 is 2.16 bits per heavy atom. The highest BCUT2D eigenvalue weighted by atomic mass is 32.1. The maximum absolute atomic E-state index is 13.8. The van der Waals surface area contributed by atoms with Crippen molar-refractivity contribution in [3.05, 3.63) is 34.4 Å². The quantitative estimate of drug-likeness (QED) is 0.879. The van der Waals surface area contributed by atoms with Crippen LogP contribution in [0.1, 0.15) is 24.8 Å². The van der Waals surface area contributed by atoms with Crippen LogP contribution in [-0.2, 0) is 0 Å². The second-order valence-electron chi connectivity index (χ2n) is 4.52. The third-order valence-electron chi connectivity index (χ3n) is 2.78. The molecule has 0 saturated heterocycles. The molecule has 2 aromatic rings. The fraction of sp³-hybridized carbons (Fsp3) is 0.385. The van der Waals surface area contributed by atoms with Gasteiger partial charge in [0.2, 0.25) is 5.95 Å². The van der Waals surface area contributed by atoms with Gasteiger partial charge in [-0.25, -0.2) is 9.37 Å². The average Bonchev–Trinajstić information content (AvgIpc) is 2.91. The minimum atomic E-state index is -0.443. The van der Waals surface area contributed by atoms with Crippen LogP contribution in [0.2, 0.25) is 0 Å². The lowest BCUT2D eigenvalue weighted by Crippen LogP contribution is -2.18. The topological polar surface area (TPSA) is 49.8 Å². The Hall–Kier alpha value is -1.69. The SMILES string of the molecule is CNc1ncc(F)c(NC(c2cccs2)C(C)C)n1. The fourth-order valence-electron chi connectivity index (χ4n) is 1.77. The van der Waals surface area contributed by atoms with Crippen molar-refractivity contribution in [3.8, 4) is 0 Å². The van der Waals surface area contributed by atoms with Gasteiger partial charge in [-0.15, -0.1) is 11.3 Å². The minimum absolute atomic E-state index is 0.0362. The number of anilines is 2. The number of halogens is 1. The van der Waals surface area contributed by atoms with Crippen molar-refractivity contribution in [3.63, 3.8) is 0 Å². The lowest BCUT2D eigenvalue weighted by molar-refractivity contribution is 0.542. The molecule has 102 valence electrons. The third-order valence-corrected chi connectivity index (χ3v) is 3.73.